The molecular weight excluding hydrogens is 338 g/mol. The predicted octanol–water partition coefficient (Wildman–Crippen LogP) is 2.95. The van der Waals surface area contributed by atoms with Crippen molar-refractivity contribution in [2.24, 2.45) is 0 Å². The third-order valence-electron chi connectivity index (χ3n) is 4.82. The Morgan fingerprint density at radius 3 is 2.65 bits per heavy atom. The SMILES string of the molecule is O=C1OC(c2nccc3cc4c(cc23)OCO4)c2ccc3c(c21)OCO3. The first-order valence-corrected chi connectivity index (χ1v) is 8.11. The molecule has 26 heavy (non-hydrogen) atoms. The lowest BCUT2D eigenvalue weighted by Gasteiger charge is -2.13. The number of fused-ring (bicyclic) bond motifs is 5. The van der Waals surface area contributed by atoms with E-state index >= 15 is 0 Å². The van der Waals surface area contributed by atoms with Gasteiger partial charge in [0.25, 0.3) is 0 Å². The topological polar surface area (TPSA) is 76.1 Å². The number of nitrogens with zero attached hydrogens (tertiary/aromatic N) is 1. The zero-order chi connectivity index (χ0) is 17.3. The first-order chi connectivity index (χ1) is 12.8. The molecule has 1 aromatic heterocycles. The fourth-order valence-corrected chi connectivity index (χ4v) is 3.64. The van der Waals surface area contributed by atoms with E-state index in [1.165, 1.54) is 0 Å². The van der Waals surface area contributed by atoms with Crippen LogP contribution in [0.25, 0.3) is 10.8 Å². The van der Waals surface area contributed by atoms with Crippen molar-refractivity contribution in [3.8, 4) is 23.0 Å². The Bertz CT molecular complexity index is 1110. The van der Waals surface area contributed by atoms with Gasteiger partial charge >= 0.3 is 5.97 Å². The Kier molecular flexibility index (Phi) is 2.53. The Balaban J connectivity index is 1.57. The highest BCUT2D eigenvalue weighted by Gasteiger charge is 2.39. The smallest absolute Gasteiger partial charge is 0.343 e. The molecular formula is C19H11NO6. The van der Waals surface area contributed by atoms with Crippen LogP contribution in [0, 0.1) is 0 Å². The molecule has 0 fully saturated rings. The number of carbonyl (C=O) groups excluding carboxylic acids is 1. The Morgan fingerprint density at radius 2 is 1.73 bits per heavy atom. The molecule has 7 nitrogen and oxygen atoms in total. The highest BCUT2D eigenvalue weighted by Crippen LogP contribution is 2.47. The molecule has 0 amide bonds. The highest BCUT2D eigenvalue weighted by atomic mass is 16.7. The van der Waals surface area contributed by atoms with Crippen molar-refractivity contribution in [2.45, 2.75) is 6.10 Å². The van der Waals surface area contributed by atoms with Crippen LogP contribution in [0.3, 0.4) is 0 Å². The van der Waals surface area contributed by atoms with Gasteiger partial charge in [0.1, 0.15) is 5.56 Å². The number of esters is 1. The number of benzene rings is 2. The van der Waals surface area contributed by atoms with E-state index in [1.54, 1.807) is 12.3 Å². The summed E-state index contributed by atoms with van der Waals surface area (Å²) in [4.78, 5) is 17.0. The third-order valence-corrected chi connectivity index (χ3v) is 4.82. The molecule has 3 aromatic rings. The van der Waals surface area contributed by atoms with Gasteiger partial charge in [-0.25, -0.2) is 4.79 Å². The van der Waals surface area contributed by atoms with Crippen molar-refractivity contribution in [3.63, 3.8) is 0 Å². The predicted molar refractivity (Wildman–Crippen MR) is 87.7 cm³/mol. The summed E-state index contributed by atoms with van der Waals surface area (Å²) in [6.07, 6.45) is 1.08. The molecule has 3 aliphatic heterocycles. The van der Waals surface area contributed by atoms with E-state index in [4.69, 9.17) is 23.7 Å². The van der Waals surface area contributed by atoms with Crippen LogP contribution in [0.15, 0.2) is 36.5 Å². The molecule has 0 spiro atoms. The maximum atomic E-state index is 12.5. The zero-order valence-electron chi connectivity index (χ0n) is 13.4. The molecule has 0 aliphatic carbocycles. The lowest BCUT2D eigenvalue weighted by atomic mass is 9.98. The van der Waals surface area contributed by atoms with Crippen molar-refractivity contribution < 1.29 is 28.5 Å². The molecule has 7 heteroatoms. The van der Waals surface area contributed by atoms with E-state index in [1.807, 2.05) is 24.3 Å². The first-order valence-electron chi connectivity index (χ1n) is 8.11. The monoisotopic (exact) mass is 349 g/mol. The molecule has 0 bridgehead atoms. The number of hydrogen-bond acceptors (Lipinski definition) is 7. The van der Waals surface area contributed by atoms with Gasteiger partial charge in [0, 0.05) is 17.1 Å². The van der Waals surface area contributed by atoms with Crippen LogP contribution >= 0.6 is 0 Å². The number of hydrogen-bond donors (Lipinski definition) is 0. The van der Waals surface area contributed by atoms with E-state index in [0.29, 0.717) is 34.3 Å². The summed E-state index contributed by atoms with van der Waals surface area (Å²) < 4.78 is 27.4. The fraction of sp³-hybridized carbons (Fsp3) is 0.158. The molecule has 1 unspecified atom stereocenters. The van der Waals surface area contributed by atoms with Gasteiger partial charge in [-0.05, 0) is 29.7 Å². The van der Waals surface area contributed by atoms with Crippen LogP contribution in [0.1, 0.15) is 27.7 Å². The van der Waals surface area contributed by atoms with Gasteiger partial charge in [0.05, 0.1) is 5.69 Å². The van der Waals surface area contributed by atoms with Crippen LogP contribution in [-0.2, 0) is 4.74 Å². The summed E-state index contributed by atoms with van der Waals surface area (Å²) >= 11 is 0. The number of ether oxygens (including phenoxy) is 5. The van der Waals surface area contributed by atoms with Gasteiger partial charge < -0.3 is 23.7 Å². The molecule has 0 saturated carbocycles. The summed E-state index contributed by atoms with van der Waals surface area (Å²) in [5, 5.41) is 1.78. The average molecular weight is 349 g/mol. The normalized spacial score (nSPS) is 18.9. The van der Waals surface area contributed by atoms with Gasteiger partial charge in [0.2, 0.25) is 13.6 Å². The van der Waals surface area contributed by atoms with Crippen LogP contribution in [0.5, 0.6) is 23.0 Å². The highest BCUT2D eigenvalue weighted by molar-refractivity contribution is 5.99. The van der Waals surface area contributed by atoms with E-state index in [0.717, 1.165) is 16.3 Å². The van der Waals surface area contributed by atoms with Crippen LogP contribution < -0.4 is 18.9 Å². The average Bonchev–Trinajstić information content (AvgIpc) is 3.37. The number of cyclic esters (lactones) is 1. The molecule has 128 valence electrons. The standard InChI is InChI=1S/C19H11NO6/c21-19-15-10(1-2-12-18(15)25-8-22-12)17(26-19)16-11-6-14-13(23-7-24-14)5-9(11)3-4-20-16/h1-6,17H,7-8H2. The quantitative estimate of drug-likeness (QED) is 0.625. The Hall–Kier alpha value is -3.48. The van der Waals surface area contributed by atoms with E-state index in [-0.39, 0.29) is 13.6 Å². The minimum Gasteiger partial charge on any atom is -0.454 e. The first kappa shape index (κ1) is 13.8. The molecule has 0 saturated heterocycles. The molecule has 0 radical (unpaired) electrons. The summed E-state index contributed by atoms with van der Waals surface area (Å²) in [7, 11) is 0. The zero-order valence-corrected chi connectivity index (χ0v) is 13.4. The Labute approximate surface area is 147 Å². The molecule has 3 aliphatic rings. The van der Waals surface area contributed by atoms with Gasteiger partial charge in [-0.1, -0.05) is 6.07 Å². The lowest BCUT2D eigenvalue weighted by molar-refractivity contribution is 0.0449. The minimum absolute atomic E-state index is 0.0970. The summed E-state index contributed by atoms with van der Waals surface area (Å²) in [6, 6.07) is 9.28. The third kappa shape index (κ3) is 1.72. The van der Waals surface area contributed by atoms with Crippen molar-refractivity contribution in [1.82, 2.24) is 4.98 Å². The molecule has 0 N–H and O–H groups in total. The van der Waals surface area contributed by atoms with Crippen LogP contribution in [0.2, 0.25) is 0 Å². The van der Waals surface area contributed by atoms with E-state index in [2.05, 4.69) is 4.98 Å². The second-order valence-electron chi connectivity index (χ2n) is 6.17. The van der Waals surface area contributed by atoms with Crippen LogP contribution in [0.4, 0.5) is 0 Å². The van der Waals surface area contributed by atoms with Crippen molar-refractivity contribution in [2.75, 3.05) is 13.6 Å². The molecule has 1 atom stereocenters. The van der Waals surface area contributed by atoms with Crippen molar-refractivity contribution in [1.29, 1.82) is 0 Å². The second kappa shape index (κ2) is 4.78. The molecule has 2 aromatic carbocycles. The molecule has 4 heterocycles. The van der Waals surface area contributed by atoms with Crippen molar-refractivity contribution >= 4 is 16.7 Å². The summed E-state index contributed by atoms with van der Waals surface area (Å²) in [5.74, 6) is 1.90. The fourth-order valence-electron chi connectivity index (χ4n) is 3.64. The van der Waals surface area contributed by atoms with Gasteiger partial charge in [-0.15, -0.1) is 0 Å². The number of aromatic nitrogens is 1. The van der Waals surface area contributed by atoms with Crippen LogP contribution in [-0.4, -0.2) is 24.5 Å². The number of pyridine rings is 1. The summed E-state index contributed by atoms with van der Waals surface area (Å²) in [5.41, 5.74) is 1.77. The minimum atomic E-state index is -0.615. The maximum Gasteiger partial charge on any atom is 0.343 e. The van der Waals surface area contributed by atoms with E-state index < -0.39 is 12.1 Å². The number of rotatable bonds is 1. The largest absolute Gasteiger partial charge is 0.454 e. The molecule has 6 rings (SSSR count). The van der Waals surface area contributed by atoms with Gasteiger partial charge in [0.15, 0.2) is 29.1 Å². The maximum absolute atomic E-state index is 12.5. The summed E-state index contributed by atoms with van der Waals surface area (Å²) in [6.45, 7) is 0.291. The Morgan fingerprint density at radius 1 is 0.923 bits per heavy atom. The lowest BCUT2D eigenvalue weighted by Crippen LogP contribution is -2.04. The second-order valence-corrected chi connectivity index (χ2v) is 6.17. The van der Waals surface area contributed by atoms with Crippen molar-refractivity contribution in [3.05, 3.63) is 53.3 Å². The van der Waals surface area contributed by atoms with Gasteiger partial charge in [-0.3, -0.25) is 4.98 Å². The number of carbonyl (C=O) groups is 1. The van der Waals surface area contributed by atoms with Gasteiger partial charge in [-0.2, -0.15) is 0 Å². The van der Waals surface area contributed by atoms with E-state index in [9.17, 15) is 4.79 Å².